The molecule has 0 aliphatic rings. The summed E-state index contributed by atoms with van der Waals surface area (Å²) in [4.78, 5) is 28.3. The predicted molar refractivity (Wildman–Crippen MR) is 80.1 cm³/mol. The van der Waals surface area contributed by atoms with Gasteiger partial charge in [-0.2, -0.15) is 0 Å². The molecule has 22 heavy (non-hydrogen) atoms. The van der Waals surface area contributed by atoms with E-state index in [1.807, 2.05) is 0 Å². The highest BCUT2D eigenvalue weighted by atomic mass is 16.5. The summed E-state index contributed by atoms with van der Waals surface area (Å²) >= 11 is 0. The molecule has 0 amide bonds. The zero-order valence-electron chi connectivity index (χ0n) is 12.7. The fraction of sp³-hybridized carbons (Fsp3) is 0.400. The van der Waals surface area contributed by atoms with Gasteiger partial charge in [-0.25, -0.2) is 4.79 Å². The van der Waals surface area contributed by atoms with Crippen molar-refractivity contribution in [3.63, 3.8) is 0 Å². The highest BCUT2D eigenvalue weighted by molar-refractivity contribution is 5.79. The molecule has 0 N–H and O–H groups in total. The van der Waals surface area contributed by atoms with E-state index in [1.165, 1.54) is 17.9 Å². The maximum Gasteiger partial charge on any atom is 0.328 e. The van der Waals surface area contributed by atoms with E-state index >= 15 is 0 Å². The minimum absolute atomic E-state index is 0.319. The Morgan fingerprint density at radius 3 is 2.82 bits per heavy atom. The van der Waals surface area contributed by atoms with Gasteiger partial charge in [-0.15, -0.1) is 0 Å². The summed E-state index contributed by atoms with van der Waals surface area (Å²) in [5, 5.41) is 0.383. The molecule has 7 heteroatoms. The number of nitrogens with zero attached hydrogens (tertiary/aromatic N) is 2. The molecule has 0 aliphatic heterocycles. The summed E-state index contributed by atoms with van der Waals surface area (Å²) in [5.41, 5.74) is 0.220. The Labute approximate surface area is 127 Å². The van der Waals surface area contributed by atoms with Gasteiger partial charge >= 0.3 is 5.97 Å². The number of rotatable bonds is 6. The van der Waals surface area contributed by atoms with Crippen LogP contribution in [0.4, 0.5) is 0 Å². The molecule has 2 aromatic rings. The van der Waals surface area contributed by atoms with Crippen molar-refractivity contribution in [2.45, 2.75) is 13.0 Å². The third-order valence-electron chi connectivity index (χ3n) is 3.27. The number of carbonyl (C=O) groups excluding carboxylic acids is 1. The van der Waals surface area contributed by atoms with E-state index in [0.29, 0.717) is 29.9 Å². The first-order valence-corrected chi connectivity index (χ1v) is 6.79. The molecule has 0 aromatic carbocycles. The number of pyridine rings is 2. The van der Waals surface area contributed by atoms with E-state index in [-0.39, 0.29) is 5.56 Å². The molecule has 0 radical (unpaired) electrons. The second kappa shape index (κ2) is 7.04. The number of fused-ring (bicyclic) bond motifs is 1. The van der Waals surface area contributed by atoms with Crippen molar-refractivity contribution >= 4 is 16.9 Å². The van der Waals surface area contributed by atoms with E-state index in [4.69, 9.17) is 9.47 Å². The summed E-state index contributed by atoms with van der Waals surface area (Å²) in [6, 6.07) is 2.58. The van der Waals surface area contributed by atoms with Gasteiger partial charge < -0.3 is 18.8 Å². The van der Waals surface area contributed by atoms with Gasteiger partial charge in [0.1, 0.15) is 18.4 Å². The average Bonchev–Trinajstić information content (AvgIpc) is 2.54. The van der Waals surface area contributed by atoms with Gasteiger partial charge in [0, 0.05) is 13.3 Å². The minimum atomic E-state index is -0.708. The van der Waals surface area contributed by atoms with Crippen LogP contribution in [-0.4, -0.2) is 43.0 Å². The first-order valence-electron chi connectivity index (χ1n) is 6.79. The highest BCUT2D eigenvalue weighted by Crippen LogP contribution is 2.16. The molecule has 2 rings (SSSR count). The highest BCUT2D eigenvalue weighted by Gasteiger charge is 2.17. The van der Waals surface area contributed by atoms with Crippen LogP contribution in [0.15, 0.2) is 29.3 Å². The van der Waals surface area contributed by atoms with Crippen LogP contribution in [0.5, 0.6) is 5.75 Å². The van der Waals surface area contributed by atoms with Crippen molar-refractivity contribution in [1.29, 1.82) is 0 Å². The number of esters is 1. The van der Waals surface area contributed by atoms with E-state index in [0.717, 1.165) is 0 Å². The fourth-order valence-corrected chi connectivity index (χ4v) is 2.03. The third-order valence-corrected chi connectivity index (χ3v) is 3.27. The Kier molecular flexibility index (Phi) is 5.11. The maximum absolute atomic E-state index is 12.5. The normalized spacial score (nSPS) is 12.1. The fourth-order valence-electron chi connectivity index (χ4n) is 2.03. The molecule has 2 heterocycles. The molecule has 0 fully saturated rings. The zero-order valence-corrected chi connectivity index (χ0v) is 12.7. The van der Waals surface area contributed by atoms with Crippen molar-refractivity contribution in [2.75, 3.05) is 27.4 Å². The minimum Gasteiger partial charge on any atom is -0.490 e. The lowest BCUT2D eigenvalue weighted by atomic mass is 10.2. The topological polar surface area (TPSA) is 79.7 Å². The molecule has 0 bridgehead atoms. The van der Waals surface area contributed by atoms with Crippen molar-refractivity contribution in [2.24, 2.45) is 0 Å². The Bertz CT molecular complexity index is 725. The number of methoxy groups -OCH3 is 2. The molecule has 118 valence electrons. The zero-order chi connectivity index (χ0) is 16.1. The summed E-state index contributed by atoms with van der Waals surface area (Å²) in [7, 11) is 2.86. The lowest BCUT2D eigenvalue weighted by molar-refractivity contribution is -0.144. The Morgan fingerprint density at radius 1 is 1.36 bits per heavy atom. The Hall–Kier alpha value is -2.41. The van der Waals surface area contributed by atoms with Crippen LogP contribution >= 0.6 is 0 Å². The lowest BCUT2D eigenvalue weighted by Gasteiger charge is -2.13. The Balaban J connectivity index is 2.40. The van der Waals surface area contributed by atoms with Crippen molar-refractivity contribution in [1.82, 2.24) is 9.55 Å². The molecule has 0 spiro atoms. The smallest absolute Gasteiger partial charge is 0.328 e. The SMILES string of the molecule is COCCOc1cnc2ccn(C(C)C(=O)OC)c(=O)c2c1. The van der Waals surface area contributed by atoms with Gasteiger partial charge in [-0.05, 0) is 19.1 Å². The van der Waals surface area contributed by atoms with Gasteiger partial charge in [-0.1, -0.05) is 0 Å². The predicted octanol–water partition coefficient (Wildman–Crippen LogP) is 1.16. The first kappa shape index (κ1) is 16.0. The monoisotopic (exact) mass is 306 g/mol. The Morgan fingerprint density at radius 2 is 2.14 bits per heavy atom. The van der Waals surface area contributed by atoms with Gasteiger partial charge in [-0.3, -0.25) is 9.78 Å². The molecule has 7 nitrogen and oxygen atoms in total. The molecular formula is C15H18N2O5. The quantitative estimate of drug-likeness (QED) is 0.588. The summed E-state index contributed by atoms with van der Waals surface area (Å²) < 4.78 is 16.3. The van der Waals surface area contributed by atoms with Crippen molar-refractivity contribution < 1.29 is 19.0 Å². The van der Waals surface area contributed by atoms with Crippen LogP contribution in [0.25, 0.3) is 10.9 Å². The standard InChI is InChI=1S/C15H18N2O5/c1-10(15(19)21-3)17-5-4-13-12(14(17)18)8-11(9-16-13)22-7-6-20-2/h4-5,8-10H,6-7H2,1-3H3. The molecule has 0 saturated carbocycles. The van der Waals surface area contributed by atoms with Crippen LogP contribution in [0, 0.1) is 0 Å². The molecular weight excluding hydrogens is 288 g/mol. The van der Waals surface area contributed by atoms with Crippen LogP contribution in [0.3, 0.4) is 0 Å². The third kappa shape index (κ3) is 3.25. The average molecular weight is 306 g/mol. The number of hydrogen-bond acceptors (Lipinski definition) is 6. The van der Waals surface area contributed by atoms with E-state index in [2.05, 4.69) is 9.72 Å². The number of aromatic nitrogens is 2. The molecule has 1 atom stereocenters. The van der Waals surface area contributed by atoms with Gasteiger partial charge in [0.05, 0.1) is 30.8 Å². The molecule has 2 aromatic heterocycles. The summed E-state index contributed by atoms with van der Waals surface area (Å²) in [6.45, 7) is 2.41. The lowest BCUT2D eigenvalue weighted by Crippen LogP contribution is -2.28. The van der Waals surface area contributed by atoms with E-state index in [1.54, 1.807) is 32.4 Å². The second-order valence-corrected chi connectivity index (χ2v) is 4.67. The van der Waals surface area contributed by atoms with Crippen LogP contribution in [0.1, 0.15) is 13.0 Å². The molecule has 1 unspecified atom stereocenters. The van der Waals surface area contributed by atoms with Crippen molar-refractivity contribution in [3.05, 3.63) is 34.9 Å². The van der Waals surface area contributed by atoms with Gasteiger partial charge in [0.2, 0.25) is 0 Å². The summed E-state index contributed by atoms with van der Waals surface area (Å²) in [6.07, 6.45) is 3.08. The summed E-state index contributed by atoms with van der Waals surface area (Å²) in [5.74, 6) is -0.00738. The van der Waals surface area contributed by atoms with Gasteiger partial charge in [0.25, 0.3) is 5.56 Å². The van der Waals surface area contributed by atoms with Crippen LogP contribution in [-0.2, 0) is 14.3 Å². The van der Waals surface area contributed by atoms with Crippen LogP contribution in [0.2, 0.25) is 0 Å². The van der Waals surface area contributed by atoms with Crippen molar-refractivity contribution in [3.8, 4) is 5.75 Å². The van der Waals surface area contributed by atoms with E-state index in [9.17, 15) is 9.59 Å². The van der Waals surface area contributed by atoms with E-state index < -0.39 is 12.0 Å². The number of hydrogen-bond donors (Lipinski definition) is 0. The van der Waals surface area contributed by atoms with Crippen LogP contribution < -0.4 is 10.3 Å². The molecule has 0 aliphatic carbocycles. The molecule has 0 saturated heterocycles. The first-order chi connectivity index (χ1) is 10.6. The number of carbonyl (C=O) groups is 1. The second-order valence-electron chi connectivity index (χ2n) is 4.67. The maximum atomic E-state index is 12.5. The number of ether oxygens (including phenoxy) is 3. The van der Waals surface area contributed by atoms with Gasteiger partial charge in [0.15, 0.2) is 0 Å². The largest absolute Gasteiger partial charge is 0.490 e.